The van der Waals surface area contributed by atoms with Crippen molar-refractivity contribution in [2.24, 2.45) is 0 Å². The lowest BCUT2D eigenvalue weighted by molar-refractivity contribution is 0.0922. The van der Waals surface area contributed by atoms with Gasteiger partial charge in [0, 0.05) is 25.6 Å². The topological polar surface area (TPSA) is 83.0 Å². The zero-order chi connectivity index (χ0) is 24.0. The molecule has 0 spiro atoms. The normalized spacial score (nSPS) is 21.5. The highest BCUT2D eigenvalue weighted by Crippen LogP contribution is 2.30. The largest absolute Gasteiger partial charge is 0.474 e. The van der Waals surface area contributed by atoms with E-state index in [1.165, 1.54) is 11.9 Å². The molecule has 0 saturated carbocycles. The van der Waals surface area contributed by atoms with Crippen molar-refractivity contribution in [1.82, 2.24) is 14.9 Å². The van der Waals surface area contributed by atoms with Crippen LogP contribution in [-0.4, -0.2) is 51.5 Å². The Balaban J connectivity index is 1.16. The van der Waals surface area contributed by atoms with Crippen LogP contribution in [0.25, 0.3) is 0 Å². The molecule has 0 bridgehead atoms. The first-order chi connectivity index (χ1) is 17.1. The molecule has 9 heteroatoms. The van der Waals surface area contributed by atoms with Gasteiger partial charge in [0.1, 0.15) is 18.2 Å². The Bertz CT molecular complexity index is 1130. The van der Waals surface area contributed by atoms with Gasteiger partial charge < -0.3 is 9.47 Å². The van der Waals surface area contributed by atoms with Crippen LogP contribution in [0.2, 0.25) is 0 Å². The van der Waals surface area contributed by atoms with E-state index in [9.17, 15) is 4.21 Å². The lowest BCUT2D eigenvalue weighted by atomic mass is 10.0. The monoisotopic (exact) mass is 495 g/mol. The lowest BCUT2D eigenvalue weighted by Gasteiger charge is -2.32. The van der Waals surface area contributed by atoms with Gasteiger partial charge in [0.15, 0.2) is 0 Å². The van der Waals surface area contributed by atoms with E-state index in [-0.39, 0.29) is 12.0 Å². The third-order valence-electron chi connectivity index (χ3n) is 6.35. The number of benzene rings is 2. The molecule has 2 fully saturated rings. The van der Waals surface area contributed by atoms with Crippen molar-refractivity contribution >= 4 is 11.4 Å². The fourth-order valence-electron chi connectivity index (χ4n) is 4.29. The number of hydrogen-bond acceptors (Lipinski definition) is 8. The summed E-state index contributed by atoms with van der Waals surface area (Å²) in [6.45, 7) is 5.60. The molecule has 0 aliphatic carbocycles. The van der Waals surface area contributed by atoms with E-state index < -0.39 is 11.4 Å². The van der Waals surface area contributed by atoms with Crippen LogP contribution in [0, 0.1) is 6.92 Å². The molecule has 1 aromatic heterocycles. The summed E-state index contributed by atoms with van der Waals surface area (Å²) in [6, 6.07) is 18.2. The molecule has 0 N–H and O–H groups in total. The molecule has 35 heavy (non-hydrogen) atoms. The SMILES string of the molecule is Cc1c(Oc2ccc(C3COS(=O)OC3)cc2)ncnc1OC1CCN(Cc2ccccc2)CC1. The fraction of sp³-hybridized carbons (Fsp3) is 0.385. The minimum atomic E-state index is -1.64. The maximum absolute atomic E-state index is 11.2. The smallest absolute Gasteiger partial charge is 0.304 e. The molecule has 2 aromatic carbocycles. The first-order valence-electron chi connectivity index (χ1n) is 11.8. The van der Waals surface area contributed by atoms with Crippen LogP contribution in [0.15, 0.2) is 60.9 Å². The summed E-state index contributed by atoms with van der Waals surface area (Å²) >= 11 is -1.64. The molecule has 0 unspecified atom stereocenters. The van der Waals surface area contributed by atoms with Gasteiger partial charge in [-0.25, -0.2) is 9.97 Å². The summed E-state index contributed by atoms with van der Waals surface area (Å²) in [5, 5.41) is 0. The molecule has 2 saturated heterocycles. The van der Waals surface area contributed by atoms with E-state index in [0.717, 1.165) is 43.6 Å². The quantitative estimate of drug-likeness (QED) is 0.479. The van der Waals surface area contributed by atoms with E-state index in [0.29, 0.717) is 30.7 Å². The minimum absolute atomic E-state index is 0.0432. The Kier molecular flexibility index (Phi) is 7.68. The molecule has 0 atom stereocenters. The van der Waals surface area contributed by atoms with Gasteiger partial charge >= 0.3 is 11.4 Å². The van der Waals surface area contributed by atoms with Gasteiger partial charge in [-0.3, -0.25) is 13.3 Å². The van der Waals surface area contributed by atoms with Gasteiger partial charge in [-0.05, 0) is 43.0 Å². The maximum atomic E-state index is 11.2. The van der Waals surface area contributed by atoms with Gasteiger partial charge in [0.05, 0.1) is 18.8 Å². The van der Waals surface area contributed by atoms with Gasteiger partial charge in [-0.2, -0.15) is 4.21 Å². The lowest BCUT2D eigenvalue weighted by Crippen LogP contribution is -2.38. The minimum Gasteiger partial charge on any atom is -0.474 e. The number of piperidine rings is 1. The van der Waals surface area contributed by atoms with Crippen LogP contribution in [0.3, 0.4) is 0 Å². The summed E-state index contributed by atoms with van der Waals surface area (Å²) in [7, 11) is 0. The molecule has 0 radical (unpaired) electrons. The van der Waals surface area contributed by atoms with Gasteiger partial charge in [-0.1, -0.05) is 42.5 Å². The average molecular weight is 496 g/mol. The Labute approximate surface area is 208 Å². The highest BCUT2D eigenvalue weighted by Gasteiger charge is 2.23. The molecule has 184 valence electrons. The summed E-state index contributed by atoms with van der Waals surface area (Å²) in [5.74, 6) is 1.75. The van der Waals surface area contributed by atoms with Gasteiger partial charge in [-0.15, -0.1) is 0 Å². The zero-order valence-corrected chi connectivity index (χ0v) is 20.5. The third kappa shape index (κ3) is 6.24. The Morgan fingerprint density at radius 2 is 1.66 bits per heavy atom. The van der Waals surface area contributed by atoms with Crippen molar-refractivity contribution in [2.75, 3.05) is 26.3 Å². The molecule has 2 aliphatic heterocycles. The number of hydrogen-bond donors (Lipinski definition) is 0. The van der Waals surface area contributed by atoms with E-state index in [2.05, 4.69) is 39.1 Å². The van der Waals surface area contributed by atoms with Gasteiger partial charge in [0.2, 0.25) is 11.8 Å². The summed E-state index contributed by atoms with van der Waals surface area (Å²) in [5.41, 5.74) is 3.15. The Hall–Kier alpha value is -2.85. The van der Waals surface area contributed by atoms with E-state index >= 15 is 0 Å². The second-order valence-electron chi connectivity index (χ2n) is 8.83. The number of aromatic nitrogens is 2. The molecular weight excluding hydrogens is 466 g/mol. The Morgan fingerprint density at radius 3 is 2.37 bits per heavy atom. The van der Waals surface area contributed by atoms with Crippen molar-refractivity contribution in [3.63, 3.8) is 0 Å². The molecular formula is C26H29N3O5S. The second kappa shape index (κ2) is 11.3. The van der Waals surface area contributed by atoms with Crippen molar-refractivity contribution < 1.29 is 22.0 Å². The first kappa shape index (κ1) is 23.9. The summed E-state index contributed by atoms with van der Waals surface area (Å²) in [4.78, 5) is 11.1. The van der Waals surface area contributed by atoms with Crippen molar-refractivity contribution in [3.8, 4) is 17.5 Å². The van der Waals surface area contributed by atoms with Crippen LogP contribution in [0.4, 0.5) is 0 Å². The fourth-order valence-corrected chi connectivity index (χ4v) is 4.91. The molecule has 3 aromatic rings. The van der Waals surface area contributed by atoms with Crippen LogP contribution in [0.1, 0.15) is 35.4 Å². The summed E-state index contributed by atoms with van der Waals surface area (Å²) in [6.07, 6.45) is 3.51. The highest BCUT2D eigenvalue weighted by molar-refractivity contribution is 7.75. The van der Waals surface area contributed by atoms with E-state index in [4.69, 9.17) is 17.8 Å². The first-order valence-corrected chi connectivity index (χ1v) is 12.8. The molecule has 3 heterocycles. The van der Waals surface area contributed by atoms with Crippen LogP contribution >= 0.6 is 0 Å². The summed E-state index contributed by atoms with van der Waals surface area (Å²) < 4.78 is 33.6. The van der Waals surface area contributed by atoms with Gasteiger partial charge in [0.25, 0.3) is 0 Å². The van der Waals surface area contributed by atoms with E-state index in [1.807, 2.05) is 37.3 Å². The average Bonchev–Trinajstić information content (AvgIpc) is 2.89. The maximum Gasteiger partial charge on any atom is 0.304 e. The Morgan fingerprint density at radius 1 is 0.971 bits per heavy atom. The highest BCUT2D eigenvalue weighted by atomic mass is 32.2. The predicted molar refractivity (Wildman–Crippen MR) is 131 cm³/mol. The van der Waals surface area contributed by atoms with Crippen molar-refractivity contribution in [2.45, 2.75) is 38.3 Å². The number of nitrogens with zero attached hydrogens (tertiary/aromatic N) is 3. The second-order valence-corrected chi connectivity index (χ2v) is 9.71. The predicted octanol–water partition coefficient (Wildman–Crippen LogP) is 4.33. The van der Waals surface area contributed by atoms with Crippen LogP contribution in [0.5, 0.6) is 17.5 Å². The van der Waals surface area contributed by atoms with Crippen LogP contribution < -0.4 is 9.47 Å². The molecule has 0 amide bonds. The number of rotatable bonds is 7. The molecule has 8 nitrogen and oxygen atoms in total. The van der Waals surface area contributed by atoms with E-state index in [1.54, 1.807) is 0 Å². The number of likely N-dealkylation sites (tertiary alicyclic amines) is 1. The molecule has 5 rings (SSSR count). The van der Waals surface area contributed by atoms with Crippen LogP contribution in [-0.2, 0) is 26.3 Å². The van der Waals surface area contributed by atoms with Crippen molar-refractivity contribution in [1.29, 1.82) is 0 Å². The standard InChI is InChI=1S/C26H29N3O5S/c1-19-25(33-23-9-7-21(8-10-23)22-16-31-35(30)32-17-22)27-18-28-26(19)34-24-11-13-29(14-12-24)15-20-5-3-2-4-6-20/h2-10,18,22,24H,11-17H2,1H3. The number of ether oxygens (including phenoxy) is 2. The molecule has 2 aliphatic rings. The third-order valence-corrected chi connectivity index (χ3v) is 7.01. The zero-order valence-electron chi connectivity index (χ0n) is 19.7. The van der Waals surface area contributed by atoms with Crippen molar-refractivity contribution in [3.05, 3.63) is 77.6 Å².